The van der Waals surface area contributed by atoms with Crippen LogP contribution >= 0.6 is 0 Å². The van der Waals surface area contributed by atoms with Crippen molar-refractivity contribution < 1.29 is 9.18 Å². The highest BCUT2D eigenvalue weighted by molar-refractivity contribution is 5.94. The van der Waals surface area contributed by atoms with Crippen molar-refractivity contribution in [2.24, 2.45) is 5.92 Å². The largest absolute Gasteiger partial charge is 0.316 e. The monoisotopic (exact) mass is 276 g/mol. The number of fused-ring (bicyclic) bond motifs is 1. The van der Waals surface area contributed by atoms with E-state index in [9.17, 15) is 9.18 Å². The summed E-state index contributed by atoms with van der Waals surface area (Å²) in [4.78, 5) is 14.3. The van der Waals surface area contributed by atoms with Crippen LogP contribution in [-0.2, 0) is 11.2 Å². The Kier molecular flexibility index (Phi) is 4.01. The van der Waals surface area contributed by atoms with Crippen molar-refractivity contribution >= 4 is 11.6 Å². The van der Waals surface area contributed by atoms with Gasteiger partial charge in [-0.25, -0.2) is 4.39 Å². The highest BCUT2D eigenvalue weighted by atomic mass is 19.1. The molecule has 1 aromatic carbocycles. The van der Waals surface area contributed by atoms with Crippen molar-refractivity contribution in [2.45, 2.75) is 32.1 Å². The Balaban J connectivity index is 1.66. The van der Waals surface area contributed by atoms with Crippen molar-refractivity contribution in [3.63, 3.8) is 0 Å². The summed E-state index contributed by atoms with van der Waals surface area (Å²) in [6, 6.07) is 4.76. The summed E-state index contributed by atoms with van der Waals surface area (Å²) in [5, 5.41) is 3.33. The molecule has 1 saturated heterocycles. The molecule has 1 unspecified atom stereocenters. The highest BCUT2D eigenvalue weighted by Gasteiger charge is 2.24. The van der Waals surface area contributed by atoms with Gasteiger partial charge in [0.2, 0.25) is 5.91 Å². The third-order valence-electron chi connectivity index (χ3n) is 4.39. The van der Waals surface area contributed by atoms with Gasteiger partial charge in [-0.2, -0.15) is 0 Å². The van der Waals surface area contributed by atoms with Gasteiger partial charge in [-0.1, -0.05) is 0 Å². The van der Waals surface area contributed by atoms with E-state index in [4.69, 9.17) is 0 Å². The number of benzene rings is 1. The fourth-order valence-electron chi connectivity index (χ4n) is 3.25. The van der Waals surface area contributed by atoms with Crippen LogP contribution in [0, 0.1) is 11.7 Å². The Morgan fingerprint density at radius 2 is 2.35 bits per heavy atom. The molecule has 1 amide bonds. The van der Waals surface area contributed by atoms with E-state index in [1.807, 2.05) is 4.90 Å². The third-order valence-corrected chi connectivity index (χ3v) is 4.39. The number of carbonyl (C=O) groups is 1. The molecule has 2 aliphatic rings. The average Bonchev–Trinajstić information content (AvgIpc) is 2.97. The van der Waals surface area contributed by atoms with Gasteiger partial charge in [-0.15, -0.1) is 0 Å². The number of carbonyl (C=O) groups excluding carboxylic acids is 1. The molecule has 4 heteroatoms. The summed E-state index contributed by atoms with van der Waals surface area (Å²) < 4.78 is 13.3. The molecule has 0 aliphatic carbocycles. The Labute approximate surface area is 119 Å². The molecule has 1 atom stereocenters. The first-order valence-electron chi connectivity index (χ1n) is 7.53. The van der Waals surface area contributed by atoms with Crippen LogP contribution in [0.5, 0.6) is 0 Å². The fraction of sp³-hybridized carbons (Fsp3) is 0.562. The second-order valence-corrected chi connectivity index (χ2v) is 5.82. The second kappa shape index (κ2) is 5.92. The molecule has 108 valence electrons. The summed E-state index contributed by atoms with van der Waals surface area (Å²) in [6.07, 6.45) is 4.52. The smallest absolute Gasteiger partial charge is 0.226 e. The first kappa shape index (κ1) is 13.6. The van der Waals surface area contributed by atoms with Crippen molar-refractivity contribution in [2.75, 3.05) is 24.5 Å². The molecule has 20 heavy (non-hydrogen) atoms. The maximum Gasteiger partial charge on any atom is 0.226 e. The summed E-state index contributed by atoms with van der Waals surface area (Å²) in [5.41, 5.74) is 1.87. The summed E-state index contributed by atoms with van der Waals surface area (Å²) in [5.74, 6) is 0.607. The number of hydrogen-bond donors (Lipinski definition) is 1. The van der Waals surface area contributed by atoms with Crippen LogP contribution in [0.3, 0.4) is 0 Å². The number of nitrogens with one attached hydrogen (secondary N) is 1. The molecule has 0 aromatic heterocycles. The van der Waals surface area contributed by atoms with Crippen LogP contribution in [0.1, 0.15) is 31.2 Å². The number of amides is 1. The summed E-state index contributed by atoms with van der Waals surface area (Å²) in [7, 11) is 0. The van der Waals surface area contributed by atoms with Gasteiger partial charge in [0, 0.05) is 18.7 Å². The Morgan fingerprint density at radius 3 is 3.15 bits per heavy atom. The van der Waals surface area contributed by atoms with Crippen molar-refractivity contribution in [3.05, 3.63) is 29.6 Å². The lowest BCUT2D eigenvalue weighted by Gasteiger charge is -2.30. The molecule has 0 saturated carbocycles. The average molecular weight is 276 g/mol. The number of aryl methyl sites for hydroxylation is 1. The minimum absolute atomic E-state index is 0.185. The van der Waals surface area contributed by atoms with E-state index in [1.165, 1.54) is 12.5 Å². The number of anilines is 1. The van der Waals surface area contributed by atoms with E-state index in [1.54, 1.807) is 12.1 Å². The van der Waals surface area contributed by atoms with E-state index in [0.29, 0.717) is 12.3 Å². The zero-order chi connectivity index (χ0) is 13.9. The van der Waals surface area contributed by atoms with Crippen molar-refractivity contribution in [1.82, 2.24) is 5.32 Å². The fourth-order valence-corrected chi connectivity index (χ4v) is 3.25. The summed E-state index contributed by atoms with van der Waals surface area (Å²) >= 11 is 0. The van der Waals surface area contributed by atoms with Crippen molar-refractivity contribution in [1.29, 1.82) is 0 Å². The molecule has 0 radical (unpaired) electrons. The lowest BCUT2D eigenvalue weighted by Crippen LogP contribution is -2.35. The van der Waals surface area contributed by atoms with Crippen LogP contribution in [-0.4, -0.2) is 25.5 Å². The van der Waals surface area contributed by atoms with E-state index in [2.05, 4.69) is 5.32 Å². The van der Waals surface area contributed by atoms with E-state index >= 15 is 0 Å². The molecule has 0 spiro atoms. The normalized spacial score (nSPS) is 21.9. The zero-order valence-corrected chi connectivity index (χ0v) is 11.7. The lowest BCUT2D eigenvalue weighted by molar-refractivity contribution is -0.119. The molecular weight excluding hydrogens is 255 g/mol. The van der Waals surface area contributed by atoms with Gasteiger partial charge in [0.05, 0.1) is 0 Å². The second-order valence-electron chi connectivity index (χ2n) is 5.82. The molecule has 3 nitrogen and oxygen atoms in total. The van der Waals surface area contributed by atoms with Crippen LogP contribution in [0.15, 0.2) is 18.2 Å². The molecule has 1 N–H and O–H groups in total. The first-order chi connectivity index (χ1) is 9.74. The third kappa shape index (κ3) is 2.85. The van der Waals surface area contributed by atoms with Gasteiger partial charge >= 0.3 is 0 Å². The minimum atomic E-state index is -0.213. The van der Waals surface area contributed by atoms with Crippen LogP contribution in [0.4, 0.5) is 10.1 Å². The minimum Gasteiger partial charge on any atom is -0.316 e. The van der Waals surface area contributed by atoms with Gasteiger partial charge in [0.1, 0.15) is 5.82 Å². The van der Waals surface area contributed by atoms with Gasteiger partial charge in [0.15, 0.2) is 0 Å². The van der Waals surface area contributed by atoms with Gasteiger partial charge in [-0.05, 0) is 68.5 Å². The van der Waals surface area contributed by atoms with Crippen LogP contribution < -0.4 is 10.2 Å². The zero-order valence-electron chi connectivity index (χ0n) is 11.7. The maximum absolute atomic E-state index is 13.3. The molecule has 1 fully saturated rings. The number of halogens is 1. The van der Waals surface area contributed by atoms with E-state index in [-0.39, 0.29) is 11.7 Å². The molecule has 2 heterocycles. The van der Waals surface area contributed by atoms with Gasteiger partial charge in [-0.3, -0.25) is 4.79 Å². The summed E-state index contributed by atoms with van der Waals surface area (Å²) in [6.45, 7) is 2.88. The Hall–Kier alpha value is -1.42. The molecular formula is C16H21FN2O. The molecule has 1 aromatic rings. The first-order valence-corrected chi connectivity index (χ1v) is 7.53. The maximum atomic E-state index is 13.3. The molecule has 2 aliphatic heterocycles. The van der Waals surface area contributed by atoms with Gasteiger partial charge in [0.25, 0.3) is 0 Å². The van der Waals surface area contributed by atoms with Crippen LogP contribution in [0.25, 0.3) is 0 Å². The lowest BCUT2D eigenvalue weighted by atomic mass is 9.99. The molecule has 3 rings (SSSR count). The topological polar surface area (TPSA) is 32.3 Å². The SMILES string of the molecule is O=C(CCC1CCNC1)N1CCCc2cc(F)ccc21. The van der Waals surface area contributed by atoms with E-state index in [0.717, 1.165) is 50.1 Å². The number of rotatable bonds is 3. The number of nitrogens with zero attached hydrogens (tertiary/aromatic N) is 1. The molecule has 0 bridgehead atoms. The Bertz CT molecular complexity index is 497. The van der Waals surface area contributed by atoms with Gasteiger partial charge < -0.3 is 10.2 Å². The number of hydrogen-bond acceptors (Lipinski definition) is 2. The van der Waals surface area contributed by atoms with Crippen LogP contribution in [0.2, 0.25) is 0 Å². The van der Waals surface area contributed by atoms with E-state index < -0.39 is 0 Å². The Morgan fingerprint density at radius 1 is 1.45 bits per heavy atom. The van der Waals surface area contributed by atoms with Crippen molar-refractivity contribution in [3.8, 4) is 0 Å². The quantitative estimate of drug-likeness (QED) is 0.920. The predicted molar refractivity (Wildman–Crippen MR) is 77.3 cm³/mol. The highest BCUT2D eigenvalue weighted by Crippen LogP contribution is 2.29. The predicted octanol–water partition coefficient (Wildman–Crippen LogP) is 2.49. The standard InChI is InChI=1S/C16H21FN2O/c17-14-4-5-15-13(10-14)2-1-9-19(15)16(20)6-3-12-7-8-18-11-12/h4-5,10,12,18H,1-3,6-9,11H2.